The first-order chi connectivity index (χ1) is 13.7. The molecule has 7 heteroatoms. The molecule has 140 valence electrons. The molecule has 0 radical (unpaired) electrons. The summed E-state index contributed by atoms with van der Waals surface area (Å²) in [5.74, 6) is 1.09. The number of amides is 1. The number of pyridine rings is 2. The van der Waals surface area contributed by atoms with Crippen LogP contribution in [0.1, 0.15) is 10.4 Å². The molecule has 7 nitrogen and oxygen atoms in total. The number of H-pyrrole nitrogens is 1. The first-order valence-corrected chi connectivity index (χ1v) is 8.60. The number of aromatic nitrogens is 3. The molecule has 0 saturated carbocycles. The third kappa shape index (κ3) is 3.25. The van der Waals surface area contributed by atoms with Crippen molar-refractivity contribution >= 4 is 22.6 Å². The van der Waals surface area contributed by atoms with Gasteiger partial charge in [-0.3, -0.25) is 9.78 Å². The summed E-state index contributed by atoms with van der Waals surface area (Å²) < 4.78 is 10.7. The lowest BCUT2D eigenvalue weighted by molar-refractivity contribution is 0.102. The number of nitrogens with one attached hydrogen (secondary N) is 2. The molecule has 0 unspecified atom stereocenters. The van der Waals surface area contributed by atoms with Crippen LogP contribution < -0.4 is 14.8 Å². The molecule has 0 bridgehead atoms. The van der Waals surface area contributed by atoms with Crippen molar-refractivity contribution in [2.45, 2.75) is 0 Å². The van der Waals surface area contributed by atoms with Crippen molar-refractivity contribution < 1.29 is 14.3 Å². The maximum atomic E-state index is 12.5. The molecule has 0 spiro atoms. The van der Waals surface area contributed by atoms with Crippen LogP contribution in [0, 0.1) is 0 Å². The monoisotopic (exact) mass is 374 g/mol. The van der Waals surface area contributed by atoms with Gasteiger partial charge in [0, 0.05) is 41.3 Å². The molecular formula is C21H18N4O3. The number of benzene rings is 1. The van der Waals surface area contributed by atoms with Crippen molar-refractivity contribution in [1.82, 2.24) is 15.0 Å². The molecule has 3 aromatic heterocycles. The SMILES string of the molecule is COc1ccc(-c2cnc3[nH]cc(NC(=O)c4ccncc4)c3c2)cc1OC. The molecule has 0 aliphatic rings. The molecule has 1 aromatic carbocycles. The standard InChI is InChI=1S/C21H18N4O3/c1-27-18-4-3-14(10-19(18)28-2)15-9-16-17(12-24-20(16)23-11-15)25-21(26)13-5-7-22-8-6-13/h3-12H,1-2H3,(H,23,24)(H,25,26). The van der Waals surface area contributed by atoms with Gasteiger partial charge in [0.25, 0.3) is 5.91 Å². The lowest BCUT2D eigenvalue weighted by Gasteiger charge is -2.10. The first-order valence-electron chi connectivity index (χ1n) is 8.60. The summed E-state index contributed by atoms with van der Waals surface area (Å²) in [7, 11) is 3.20. The van der Waals surface area contributed by atoms with Crippen molar-refractivity contribution in [3.63, 3.8) is 0 Å². The Morgan fingerprint density at radius 3 is 2.54 bits per heavy atom. The normalized spacial score (nSPS) is 10.6. The van der Waals surface area contributed by atoms with E-state index in [9.17, 15) is 4.79 Å². The number of ether oxygens (including phenoxy) is 2. The Balaban J connectivity index is 1.69. The van der Waals surface area contributed by atoms with Gasteiger partial charge in [0.05, 0.1) is 19.9 Å². The molecule has 0 aliphatic heterocycles. The van der Waals surface area contributed by atoms with Crippen LogP contribution in [0.4, 0.5) is 5.69 Å². The lowest BCUT2D eigenvalue weighted by Crippen LogP contribution is -2.11. The molecule has 2 N–H and O–H groups in total. The Morgan fingerprint density at radius 1 is 1.00 bits per heavy atom. The Kier molecular flexibility index (Phi) is 4.63. The second kappa shape index (κ2) is 7.40. The zero-order chi connectivity index (χ0) is 19.5. The van der Waals surface area contributed by atoms with Gasteiger partial charge in [0.2, 0.25) is 0 Å². The number of methoxy groups -OCH3 is 2. The molecule has 1 amide bonds. The molecule has 3 heterocycles. The van der Waals surface area contributed by atoms with Gasteiger partial charge >= 0.3 is 0 Å². The quantitative estimate of drug-likeness (QED) is 0.553. The Labute approximate surface area is 161 Å². The highest BCUT2D eigenvalue weighted by Crippen LogP contribution is 2.34. The first kappa shape index (κ1) is 17.5. The highest BCUT2D eigenvalue weighted by molar-refractivity contribution is 6.08. The minimum absolute atomic E-state index is 0.209. The van der Waals surface area contributed by atoms with Crippen molar-refractivity contribution in [3.8, 4) is 22.6 Å². The van der Waals surface area contributed by atoms with E-state index in [0.29, 0.717) is 28.4 Å². The van der Waals surface area contributed by atoms with Gasteiger partial charge in [-0.05, 0) is 35.9 Å². The fourth-order valence-corrected chi connectivity index (χ4v) is 2.98. The molecular weight excluding hydrogens is 356 g/mol. The van der Waals surface area contributed by atoms with Crippen LogP contribution in [0.25, 0.3) is 22.2 Å². The van der Waals surface area contributed by atoms with Crippen LogP contribution in [0.3, 0.4) is 0 Å². The molecule has 28 heavy (non-hydrogen) atoms. The van der Waals surface area contributed by atoms with E-state index in [2.05, 4.69) is 20.3 Å². The Morgan fingerprint density at radius 2 is 1.79 bits per heavy atom. The minimum Gasteiger partial charge on any atom is -0.493 e. The van der Waals surface area contributed by atoms with Crippen LogP contribution in [0.5, 0.6) is 11.5 Å². The van der Waals surface area contributed by atoms with Crippen molar-refractivity contribution in [2.75, 3.05) is 19.5 Å². The fourth-order valence-electron chi connectivity index (χ4n) is 2.98. The number of rotatable bonds is 5. The van der Waals surface area contributed by atoms with E-state index < -0.39 is 0 Å². The van der Waals surface area contributed by atoms with Crippen LogP contribution >= 0.6 is 0 Å². The summed E-state index contributed by atoms with van der Waals surface area (Å²) >= 11 is 0. The zero-order valence-electron chi connectivity index (χ0n) is 15.4. The van der Waals surface area contributed by atoms with E-state index in [4.69, 9.17) is 9.47 Å². The van der Waals surface area contributed by atoms with Gasteiger partial charge in [0.1, 0.15) is 5.65 Å². The predicted molar refractivity (Wildman–Crippen MR) is 107 cm³/mol. The van der Waals surface area contributed by atoms with Crippen molar-refractivity contribution in [1.29, 1.82) is 0 Å². The van der Waals surface area contributed by atoms with E-state index in [0.717, 1.165) is 16.5 Å². The highest BCUT2D eigenvalue weighted by atomic mass is 16.5. The molecule has 0 saturated heterocycles. The van der Waals surface area contributed by atoms with E-state index >= 15 is 0 Å². The Bertz CT molecular complexity index is 1140. The summed E-state index contributed by atoms with van der Waals surface area (Å²) in [6.45, 7) is 0. The van der Waals surface area contributed by atoms with Gasteiger partial charge < -0.3 is 19.8 Å². The van der Waals surface area contributed by atoms with E-state index in [1.54, 1.807) is 51.1 Å². The van der Waals surface area contributed by atoms with Crippen molar-refractivity contribution in [2.24, 2.45) is 0 Å². The topological polar surface area (TPSA) is 89.1 Å². The second-order valence-electron chi connectivity index (χ2n) is 6.08. The third-order valence-electron chi connectivity index (χ3n) is 4.44. The summed E-state index contributed by atoms with van der Waals surface area (Å²) in [6, 6.07) is 11.0. The number of hydrogen-bond donors (Lipinski definition) is 2. The average molecular weight is 374 g/mol. The van der Waals surface area contributed by atoms with Gasteiger partial charge in [-0.2, -0.15) is 0 Å². The third-order valence-corrected chi connectivity index (χ3v) is 4.44. The van der Waals surface area contributed by atoms with Gasteiger partial charge in [-0.25, -0.2) is 4.98 Å². The minimum atomic E-state index is -0.209. The largest absolute Gasteiger partial charge is 0.493 e. The molecule has 4 rings (SSSR count). The van der Waals surface area contributed by atoms with E-state index in [1.165, 1.54) is 0 Å². The summed E-state index contributed by atoms with van der Waals surface area (Å²) in [5.41, 5.74) is 3.71. The van der Waals surface area contributed by atoms with Gasteiger partial charge in [-0.15, -0.1) is 0 Å². The molecule has 0 fully saturated rings. The van der Waals surface area contributed by atoms with Gasteiger partial charge in [0.15, 0.2) is 11.5 Å². The number of anilines is 1. The Hall–Kier alpha value is -3.87. The zero-order valence-corrected chi connectivity index (χ0v) is 15.4. The summed E-state index contributed by atoms with van der Waals surface area (Å²) in [6.07, 6.45) is 6.67. The second-order valence-corrected chi connectivity index (χ2v) is 6.08. The number of fused-ring (bicyclic) bond motifs is 1. The smallest absolute Gasteiger partial charge is 0.255 e. The molecule has 4 aromatic rings. The molecule has 0 atom stereocenters. The van der Waals surface area contributed by atoms with Crippen LogP contribution in [0.2, 0.25) is 0 Å². The van der Waals surface area contributed by atoms with E-state index in [-0.39, 0.29) is 5.91 Å². The number of carbonyl (C=O) groups excluding carboxylic acids is 1. The number of hydrogen-bond acceptors (Lipinski definition) is 5. The fraction of sp³-hybridized carbons (Fsp3) is 0.0952. The van der Waals surface area contributed by atoms with E-state index in [1.807, 2.05) is 24.3 Å². The summed E-state index contributed by atoms with van der Waals surface area (Å²) in [5, 5.41) is 3.73. The maximum Gasteiger partial charge on any atom is 0.255 e. The molecule has 0 aliphatic carbocycles. The van der Waals surface area contributed by atoms with Crippen LogP contribution in [0.15, 0.2) is 61.2 Å². The van der Waals surface area contributed by atoms with Crippen molar-refractivity contribution in [3.05, 3.63) is 66.7 Å². The average Bonchev–Trinajstić information content (AvgIpc) is 3.15. The predicted octanol–water partition coefficient (Wildman–Crippen LogP) is 3.89. The van der Waals surface area contributed by atoms with Crippen LogP contribution in [-0.4, -0.2) is 35.1 Å². The number of nitrogens with zero attached hydrogens (tertiary/aromatic N) is 2. The van der Waals surface area contributed by atoms with Crippen LogP contribution in [-0.2, 0) is 0 Å². The lowest BCUT2D eigenvalue weighted by atomic mass is 10.1. The number of aromatic amines is 1. The maximum absolute atomic E-state index is 12.5. The number of carbonyl (C=O) groups is 1. The van der Waals surface area contributed by atoms with Gasteiger partial charge in [-0.1, -0.05) is 6.07 Å². The summed E-state index contributed by atoms with van der Waals surface area (Å²) in [4.78, 5) is 23.9. The highest BCUT2D eigenvalue weighted by Gasteiger charge is 2.12.